The molecule has 8 heteroatoms. The van der Waals surface area contributed by atoms with Crippen LogP contribution in [-0.4, -0.2) is 35.0 Å². The van der Waals surface area contributed by atoms with Crippen LogP contribution >= 0.6 is 23.4 Å². The molecule has 0 aliphatic heterocycles. The molecule has 0 amide bonds. The molecule has 3 rings (SSSR count). The first-order valence-corrected chi connectivity index (χ1v) is 9.74. The topological polar surface area (TPSA) is 70.4 Å². The van der Waals surface area contributed by atoms with Gasteiger partial charge in [-0.1, -0.05) is 35.5 Å². The van der Waals surface area contributed by atoms with Gasteiger partial charge in [-0.05, 0) is 37.6 Å². The van der Waals surface area contributed by atoms with Crippen LogP contribution in [0.3, 0.4) is 0 Å². The quantitative estimate of drug-likeness (QED) is 0.354. The van der Waals surface area contributed by atoms with Gasteiger partial charge >= 0.3 is 5.97 Å². The molecular formula is C20H19ClN2O4S. The van der Waals surface area contributed by atoms with Gasteiger partial charge in [0, 0.05) is 11.1 Å². The van der Waals surface area contributed by atoms with E-state index in [1.54, 1.807) is 37.3 Å². The van der Waals surface area contributed by atoms with Gasteiger partial charge in [0.05, 0.1) is 30.8 Å². The number of halogens is 1. The van der Waals surface area contributed by atoms with Crippen molar-refractivity contribution in [2.75, 3.05) is 14.2 Å². The van der Waals surface area contributed by atoms with Gasteiger partial charge in [-0.3, -0.25) is 14.2 Å². The summed E-state index contributed by atoms with van der Waals surface area (Å²) in [5.41, 5.74) is 1.58. The fourth-order valence-electron chi connectivity index (χ4n) is 2.76. The van der Waals surface area contributed by atoms with Crippen LogP contribution in [0.15, 0.2) is 46.3 Å². The van der Waals surface area contributed by atoms with E-state index in [0.29, 0.717) is 32.5 Å². The van der Waals surface area contributed by atoms with Gasteiger partial charge in [0.15, 0.2) is 5.16 Å². The number of carbonyl (C=O) groups excluding carboxylic acids is 1. The predicted octanol–water partition coefficient (Wildman–Crippen LogP) is 4.01. The fraction of sp³-hybridized carbons (Fsp3) is 0.250. The van der Waals surface area contributed by atoms with Crippen molar-refractivity contribution in [1.29, 1.82) is 0 Å². The molecule has 2 aromatic carbocycles. The molecule has 0 aliphatic carbocycles. The van der Waals surface area contributed by atoms with Crippen molar-refractivity contribution in [3.63, 3.8) is 0 Å². The summed E-state index contributed by atoms with van der Waals surface area (Å²) in [4.78, 5) is 29.9. The lowest BCUT2D eigenvalue weighted by molar-refractivity contribution is -0.139. The zero-order chi connectivity index (χ0) is 20.4. The third-order valence-electron chi connectivity index (χ3n) is 4.26. The van der Waals surface area contributed by atoms with Crippen LogP contribution in [0.5, 0.6) is 5.75 Å². The molecular weight excluding hydrogens is 400 g/mol. The molecule has 3 aromatic rings. The normalized spacial score (nSPS) is 12.0. The van der Waals surface area contributed by atoms with Crippen LogP contribution in [-0.2, 0) is 9.53 Å². The second-order valence-electron chi connectivity index (χ2n) is 6.11. The first-order chi connectivity index (χ1) is 13.4. The minimum atomic E-state index is -0.552. The summed E-state index contributed by atoms with van der Waals surface area (Å²) in [6.45, 7) is 3.54. The predicted molar refractivity (Wildman–Crippen MR) is 111 cm³/mol. The first kappa shape index (κ1) is 20.2. The number of aryl methyl sites for hydroxylation is 1. The molecule has 1 atom stereocenters. The molecule has 1 aromatic heterocycles. The highest BCUT2D eigenvalue weighted by molar-refractivity contribution is 8.00. The first-order valence-electron chi connectivity index (χ1n) is 8.48. The molecule has 0 aliphatic rings. The number of fused-ring (bicyclic) bond motifs is 1. The Hall–Kier alpha value is -2.51. The number of ether oxygens (including phenoxy) is 2. The number of methoxy groups -OCH3 is 2. The van der Waals surface area contributed by atoms with E-state index >= 15 is 0 Å². The van der Waals surface area contributed by atoms with Crippen LogP contribution in [0.4, 0.5) is 0 Å². The van der Waals surface area contributed by atoms with E-state index in [2.05, 4.69) is 4.98 Å². The number of aromatic nitrogens is 2. The van der Waals surface area contributed by atoms with Gasteiger partial charge in [-0.2, -0.15) is 0 Å². The lowest BCUT2D eigenvalue weighted by atomic mass is 10.2. The molecule has 0 bridgehead atoms. The number of rotatable bonds is 5. The van der Waals surface area contributed by atoms with Gasteiger partial charge in [0.25, 0.3) is 5.56 Å². The van der Waals surface area contributed by atoms with Crippen LogP contribution in [0.2, 0.25) is 5.02 Å². The molecule has 0 spiro atoms. The minimum Gasteiger partial charge on any atom is -0.495 e. The van der Waals surface area contributed by atoms with E-state index in [0.717, 1.165) is 17.3 Å². The van der Waals surface area contributed by atoms with E-state index in [1.807, 2.05) is 13.0 Å². The maximum absolute atomic E-state index is 13.3. The highest BCUT2D eigenvalue weighted by Gasteiger charge is 2.22. The molecule has 0 N–H and O–H groups in total. The highest BCUT2D eigenvalue weighted by atomic mass is 35.5. The number of thioether (sulfide) groups is 1. The minimum absolute atomic E-state index is 0.259. The summed E-state index contributed by atoms with van der Waals surface area (Å²) >= 11 is 7.37. The molecule has 146 valence electrons. The molecule has 28 heavy (non-hydrogen) atoms. The standard InChI is InChI=1S/C20H19ClN2O4S/c1-11-9-16(17(26-3)10-14(11)21)23-18(24)13-7-5-6-8-15(13)22-20(23)28-12(2)19(25)27-4/h5-10,12H,1-4H3/t12-/m0/s1. The van der Waals surface area contributed by atoms with Gasteiger partial charge in [0.2, 0.25) is 0 Å². The summed E-state index contributed by atoms with van der Waals surface area (Å²) in [6.07, 6.45) is 0. The summed E-state index contributed by atoms with van der Waals surface area (Å²) < 4.78 is 11.7. The Bertz CT molecular complexity index is 1110. The molecule has 0 radical (unpaired) electrons. The van der Waals surface area contributed by atoms with E-state index < -0.39 is 11.2 Å². The van der Waals surface area contributed by atoms with Gasteiger partial charge in [-0.15, -0.1) is 0 Å². The molecule has 6 nitrogen and oxygen atoms in total. The number of hydrogen-bond acceptors (Lipinski definition) is 6. The largest absolute Gasteiger partial charge is 0.495 e. The lowest BCUT2D eigenvalue weighted by Crippen LogP contribution is -2.24. The molecule has 0 fully saturated rings. The van der Waals surface area contributed by atoms with Crippen LogP contribution in [0.25, 0.3) is 16.6 Å². The Morgan fingerprint density at radius 3 is 2.64 bits per heavy atom. The Balaban J connectivity index is 2.33. The smallest absolute Gasteiger partial charge is 0.318 e. The number of para-hydroxylation sites is 1. The summed E-state index contributed by atoms with van der Waals surface area (Å²) in [7, 11) is 2.83. The van der Waals surface area contributed by atoms with Crippen molar-refractivity contribution in [3.05, 3.63) is 57.3 Å². The SMILES string of the molecule is COC(=O)[C@H](C)Sc1nc2ccccc2c(=O)n1-c1cc(C)c(Cl)cc1OC. The van der Waals surface area contributed by atoms with E-state index in [-0.39, 0.29) is 5.56 Å². The van der Waals surface area contributed by atoms with Gasteiger partial charge in [-0.25, -0.2) is 4.98 Å². The molecule has 1 heterocycles. The third-order valence-corrected chi connectivity index (χ3v) is 5.70. The van der Waals surface area contributed by atoms with E-state index in [4.69, 9.17) is 21.1 Å². The summed E-state index contributed by atoms with van der Waals surface area (Å²) in [5.74, 6) is 0.0283. The molecule has 0 saturated carbocycles. The van der Waals surface area contributed by atoms with E-state index in [1.165, 1.54) is 18.8 Å². The zero-order valence-corrected chi connectivity index (χ0v) is 17.4. The maximum atomic E-state index is 13.3. The Labute approximate surface area is 171 Å². The van der Waals surface area contributed by atoms with Crippen molar-refractivity contribution in [3.8, 4) is 11.4 Å². The average molecular weight is 419 g/mol. The Kier molecular flexibility index (Phi) is 5.96. The van der Waals surface area contributed by atoms with Gasteiger partial charge in [0.1, 0.15) is 11.0 Å². The zero-order valence-electron chi connectivity index (χ0n) is 15.9. The molecule has 0 saturated heterocycles. The van der Waals surface area contributed by atoms with E-state index in [9.17, 15) is 9.59 Å². The van der Waals surface area contributed by atoms with Crippen molar-refractivity contribution >= 4 is 40.2 Å². The Morgan fingerprint density at radius 1 is 1.25 bits per heavy atom. The van der Waals surface area contributed by atoms with Crippen LogP contribution in [0, 0.1) is 6.92 Å². The number of benzene rings is 2. The van der Waals surface area contributed by atoms with Crippen molar-refractivity contribution in [2.24, 2.45) is 0 Å². The lowest BCUT2D eigenvalue weighted by Gasteiger charge is -2.18. The summed E-state index contributed by atoms with van der Waals surface area (Å²) in [5, 5.41) is 0.803. The highest BCUT2D eigenvalue weighted by Crippen LogP contribution is 2.33. The second-order valence-corrected chi connectivity index (χ2v) is 7.82. The monoisotopic (exact) mass is 418 g/mol. The molecule has 0 unspecified atom stereocenters. The number of nitrogens with zero attached hydrogens (tertiary/aromatic N) is 2. The number of esters is 1. The maximum Gasteiger partial charge on any atom is 0.318 e. The van der Waals surface area contributed by atoms with Gasteiger partial charge < -0.3 is 9.47 Å². The number of carbonyl (C=O) groups is 1. The van der Waals surface area contributed by atoms with Crippen LogP contribution in [0.1, 0.15) is 12.5 Å². The number of hydrogen-bond donors (Lipinski definition) is 0. The van der Waals surface area contributed by atoms with Crippen molar-refractivity contribution < 1.29 is 14.3 Å². The Morgan fingerprint density at radius 2 is 1.96 bits per heavy atom. The van der Waals surface area contributed by atoms with Crippen LogP contribution < -0.4 is 10.3 Å². The third kappa shape index (κ3) is 3.72. The second kappa shape index (κ2) is 8.24. The van der Waals surface area contributed by atoms with Crippen molar-refractivity contribution in [1.82, 2.24) is 9.55 Å². The fourth-order valence-corrected chi connectivity index (χ4v) is 3.86. The average Bonchev–Trinajstić information content (AvgIpc) is 2.69. The van der Waals surface area contributed by atoms with Crippen molar-refractivity contribution in [2.45, 2.75) is 24.3 Å². The summed E-state index contributed by atoms with van der Waals surface area (Å²) in [6, 6.07) is 10.5.